The summed E-state index contributed by atoms with van der Waals surface area (Å²) in [4.78, 5) is 27.7. The maximum absolute atomic E-state index is 13.9. The van der Waals surface area contributed by atoms with Gasteiger partial charge in [-0.25, -0.2) is 9.98 Å². The Morgan fingerprint density at radius 3 is 2.46 bits per heavy atom. The maximum atomic E-state index is 13.9. The number of hydrogen-bond donors (Lipinski definition) is 1. The molecular weight excluding hydrogens is 559 g/mol. The molecule has 0 saturated carbocycles. The van der Waals surface area contributed by atoms with Gasteiger partial charge in [0.25, 0.3) is 0 Å². The van der Waals surface area contributed by atoms with Crippen LogP contribution in [0.5, 0.6) is 11.6 Å². The van der Waals surface area contributed by atoms with Crippen molar-refractivity contribution in [3.63, 3.8) is 0 Å². The number of rotatable bonds is 6. The van der Waals surface area contributed by atoms with E-state index in [1.165, 1.54) is 24.5 Å². The van der Waals surface area contributed by atoms with Crippen LogP contribution in [0.15, 0.2) is 53.0 Å². The Hall–Kier alpha value is -4.00. The predicted molar refractivity (Wildman–Crippen MR) is 151 cm³/mol. The van der Waals surface area contributed by atoms with E-state index in [0.717, 1.165) is 17.8 Å². The number of methoxy groups -OCH3 is 2. The maximum Gasteiger partial charge on any atom is 0.416 e. The van der Waals surface area contributed by atoms with Crippen LogP contribution in [-0.2, 0) is 11.0 Å². The van der Waals surface area contributed by atoms with E-state index in [9.17, 15) is 23.1 Å². The molecule has 41 heavy (non-hydrogen) atoms. The van der Waals surface area contributed by atoms with Gasteiger partial charge in [-0.15, -0.1) is 11.3 Å². The summed E-state index contributed by atoms with van der Waals surface area (Å²) < 4.78 is 52.4. The minimum Gasteiger partial charge on any atom is -0.495 e. The van der Waals surface area contributed by atoms with E-state index in [-0.39, 0.29) is 29.9 Å². The van der Waals surface area contributed by atoms with Gasteiger partial charge in [-0.3, -0.25) is 9.69 Å². The second kappa shape index (κ2) is 11.1. The third-order valence-corrected chi connectivity index (χ3v) is 8.29. The van der Waals surface area contributed by atoms with Crippen LogP contribution < -0.4 is 19.3 Å². The zero-order chi connectivity index (χ0) is 29.5. The van der Waals surface area contributed by atoms with E-state index >= 15 is 0 Å². The van der Waals surface area contributed by atoms with E-state index in [4.69, 9.17) is 14.5 Å². The molecule has 2 aliphatic heterocycles. The number of aromatic nitrogens is 1. The fraction of sp³-hybridized carbons (Fsp3) is 0.393. The molecule has 1 fully saturated rings. The van der Waals surface area contributed by atoms with Gasteiger partial charge in [0.2, 0.25) is 11.8 Å². The Labute approximate surface area is 239 Å². The van der Waals surface area contributed by atoms with E-state index in [2.05, 4.69) is 23.7 Å². The SMILES string of the molecule is COc1cc(N2[C@H](C)CN(C3=Nc4ccsc4[C@@H](CC(=O)O)N3c3cc(C(F)(F)F)ccc3OC)C[C@@H]2C)ccn1. The molecule has 9 nitrogen and oxygen atoms in total. The lowest BCUT2D eigenvalue weighted by molar-refractivity contribution is -0.138. The van der Waals surface area contributed by atoms with Crippen LogP contribution in [-0.4, -0.2) is 66.3 Å². The molecule has 218 valence electrons. The number of halogens is 3. The molecular formula is C28H30F3N5O4S. The number of guanidine groups is 1. The number of anilines is 2. The van der Waals surface area contributed by atoms with Crippen molar-refractivity contribution in [3.05, 3.63) is 58.4 Å². The summed E-state index contributed by atoms with van der Waals surface area (Å²) in [6.45, 7) is 5.06. The number of pyridine rings is 1. The molecule has 2 aromatic heterocycles. The molecule has 0 radical (unpaired) electrons. The van der Waals surface area contributed by atoms with Gasteiger partial charge < -0.3 is 24.4 Å². The van der Waals surface area contributed by atoms with Crippen LogP contribution in [0.3, 0.4) is 0 Å². The van der Waals surface area contributed by atoms with Crippen LogP contribution in [0.25, 0.3) is 0 Å². The summed E-state index contributed by atoms with van der Waals surface area (Å²) >= 11 is 1.33. The van der Waals surface area contributed by atoms with Gasteiger partial charge in [0.1, 0.15) is 5.75 Å². The number of thiophene rings is 1. The average molecular weight is 590 g/mol. The first-order valence-corrected chi connectivity index (χ1v) is 13.9. The lowest BCUT2D eigenvalue weighted by Crippen LogP contribution is -2.61. The molecule has 1 aromatic carbocycles. The number of fused-ring (bicyclic) bond motifs is 1. The van der Waals surface area contributed by atoms with Gasteiger partial charge >= 0.3 is 12.1 Å². The van der Waals surface area contributed by atoms with Crippen molar-refractivity contribution < 1.29 is 32.5 Å². The number of piperazine rings is 1. The Kier molecular flexibility index (Phi) is 7.73. The molecule has 5 rings (SSSR count). The second-order valence-corrected chi connectivity index (χ2v) is 11.0. The fourth-order valence-electron chi connectivity index (χ4n) is 5.64. The number of carboxylic acids is 1. The van der Waals surface area contributed by atoms with Crippen LogP contribution in [0.4, 0.5) is 30.2 Å². The molecule has 0 bridgehead atoms. The van der Waals surface area contributed by atoms with Gasteiger partial charge in [-0.1, -0.05) is 0 Å². The molecule has 3 atom stereocenters. The molecule has 0 unspecified atom stereocenters. The second-order valence-electron chi connectivity index (χ2n) is 10.0. The first-order chi connectivity index (χ1) is 19.5. The van der Waals surface area contributed by atoms with Crippen molar-refractivity contribution in [2.45, 2.75) is 44.6 Å². The normalized spacial score (nSPS) is 20.9. The Balaban J connectivity index is 1.61. The van der Waals surface area contributed by atoms with Crippen molar-refractivity contribution in [3.8, 4) is 11.6 Å². The lowest BCUT2D eigenvalue weighted by Gasteiger charge is -2.49. The summed E-state index contributed by atoms with van der Waals surface area (Å²) in [7, 11) is 2.93. The molecule has 0 amide bonds. The third kappa shape index (κ3) is 5.50. The van der Waals surface area contributed by atoms with Crippen molar-refractivity contribution >= 4 is 40.3 Å². The molecule has 0 aliphatic carbocycles. The van der Waals surface area contributed by atoms with E-state index in [1.807, 2.05) is 28.5 Å². The fourth-order valence-corrected chi connectivity index (χ4v) is 6.57. The van der Waals surface area contributed by atoms with Gasteiger partial charge in [0.05, 0.1) is 48.5 Å². The number of aliphatic imine (C=N–C) groups is 1. The minimum atomic E-state index is -4.61. The molecule has 0 spiro atoms. The van der Waals surface area contributed by atoms with E-state index in [0.29, 0.717) is 35.5 Å². The smallest absolute Gasteiger partial charge is 0.416 e. The summed E-state index contributed by atoms with van der Waals surface area (Å²) in [6, 6.07) is 7.93. The molecule has 4 heterocycles. The number of ether oxygens (including phenoxy) is 2. The zero-order valence-corrected chi connectivity index (χ0v) is 23.7. The minimum absolute atomic E-state index is 0.0411. The average Bonchev–Trinajstić information content (AvgIpc) is 3.40. The van der Waals surface area contributed by atoms with Crippen molar-refractivity contribution in [2.75, 3.05) is 37.1 Å². The van der Waals surface area contributed by atoms with Crippen LogP contribution in [0.1, 0.15) is 36.8 Å². The number of nitrogens with zero attached hydrogens (tertiary/aromatic N) is 5. The monoisotopic (exact) mass is 589 g/mol. The van der Waals surface area contributed by atoms with Crippen molar-refractivity contribution in [2.24, 2.45) is 4.99 Å². The van der Waals surface area contributed by atoms with Gasteiger partial charge in [-0.2, -0.15) is 13.2 Å². The Morgan fingerprint density at radius 2 is 1.83 bits per heavy atom. The number of carbonyl (C=O) groups is 1. The first kappa shape index (κ1) is 28.5. The molecule has 1 saturated heterocycles. The Morgan fingerprint density at radius 1 is 1.10 bits per heavy atom. The highest BCUT2D eigenvalue weighted by atomic mass is 32.1. The van der Waals surface area contributed by atoms with Crippen LogP contribution >= 0.6 is 11.3 Å². The lowest BCUT2D eigenvalue weighted by atomic mass is 10.0. The molecule has 2 aliphatic rings. The zero-order valence-electron chi connectivity index (χ0n) is 22.9. The van der Waals surface area contributed by atoms with E-state index < -0.39 is 23.8 Å². The summed E-state index contributed by atoms with van der Waals surface area (Å²) in [6.07, 6.45) is -3.26. The largest absolute Gasteiger partial charge is 0.495 e. The number of aliphatic carboxylic acids is 1. The number of benzene rings is 1. The summed E-state index contributed by atoms with van der Waals surface area (Å²) in [5.74, 6) is -0.0230. The highest BCUT2D eigenvalue weighted by Gasteiger charge is 2.42. The first-order valence-electron chi connectivity index (χ1n) is 13.0. The molecule has 3 aromatic rings. The molecule has 13 heteroatoms. The Bertz CT molecular complexity index is 1450. The van der Waals surface area contributed by atoms with Crippen molar-refractivity contribution in [1.82, 2.24) is 9.88 Å². The van der Waals surface area contributed by atoms with Crippen molar-refractivity contribution in [1.29, 1.82) is 0 Å². The topological polar surface area (TPSA) is 90.7 Å². The quantitative estimate of drug-likeness (QED) is 0.386. The third-order valence-electron chi connectivity index (χ3n) is 7.28. The number of alkyl halides is 3. The number of hydrogen-bond acceptors (Lipinski definition) is 9. The van der Waals surface area contributed by atoms with Crippen LogP contribution in [0.2, 0.25) is 0 Å². The summed E-state index contributed by atoms with van der Waals surface area (Å²) in [5, 5.41) is 11.7. The van der Waals surface area contributed by atoms with Gasteiger partial charge in [-0.05, 0) is 49.6 Å². The standard InChI is InChI=1S/C28H30F3N5O4S/c1-16-14-34(15-17(2)35(16)19-7-9-32-24(12-19)40-4)27-33-20-8-10-41-26(20)22(13-25(37)38)36(27)21-11-18(28(29,30)31)5-6-23(21)39-3/h5-12,16-17,22H,13-15H2,1-4H3,(H,37,38)/t16-,17+,22-/m1/s1. The van der Waals surface area contributed by atoms with Gasteiger partial charge in [0, 0.05) is 43.1 Å². The number of carboxylic acid groups (broad SMARTS) is 1. The predicted octanol–water partition coefficient (Wildman–Crippen LogP) is 5.80. The highest BCUT2D eigenvalue weighted by molar-refractivity contribution is 7.10. The summed E-state index contributed by atoms with van der Waals surface area (Å²) in [5.41, 5.74) is 0.785. The van der Waals surface area contributed by atoms with Crippen LogP contribution in [0, 0.1) is 0 Å². The molecule has 1 N–H and O–H groups in total. The van der Waals surface area contributed by atoms with Gasteiger partial charge in [0.15, 0.2) is 0 Å². The van der Waals surface area contributed by atoms with E-state index in [1.54, 1.807) is 18.2 Å². The highest BCUT2D eigenvalue weighted by Crippen LogP contribution is 2.47.